The highest BCUT2D eigenvalue weighted by Crippen LogP contribution is 2.29. The van der Waals surface area contributed by atoms with Gasteiger partial charge >= 0.3 is 0 Å². The molecule has 3 aromatic rings. The topological polar surface area (TPSA) is 72.3 Å². The van der Waals surface area contributed by atoms with Crippen molar-refractivity contribution in [3.8, 4) is 10.6 Å². The Labute approximate surface area is 168 Å². The maximum atomic E-state index is 13.2. The Balaban J connectivity index is 1.65. The lowest BCUT2D eigenvalue weighted by Gasteiger charge is -2.23. The maximum absolute atomic E-state index is 13.2. The Hall–Kier alpha value is -2.45. The van der Waals surface area contributed by atoms with Gasteiger partial charge in [0.1, 0.15) is 5.69 Å². The molecule has 0 bridgehead atoms. The number of hydrogen-bond donors (Lipinski definition) is 0. The average molecular weight is 416 g/mol. The summed E-state index contributed by atoms with van der Waals surface area (Å²) in [6.45, 7) is 0.564. The van der Waals surface area contributed by atoms with E-state index in [2.05, 4.69) is 5.10 Å². The van der Waals surface area contributed by atoms with E-state index in [-0.39, 0.29) is 23.5 Å². The molecule has 1 atom stereocenters. The second-order valence-corrected chi connectivity index (χ2v) is 10.2. The largest absolute Gasteiger partial charge is 0.338 e. The third-order valence-corrected chi connectivity index (χ3v) is 7.64. The molecule has 1 fully saturated rings. The summed E-state index contributed by atoms with van der Waals surface area (Å²) in [5.74, 6) is -0.0213. The number of carbonyl (C=O) groups excluding carboxylic acids is 1. The Morgan fingerprint density at radius 1 is 1.25 bits per heavy atom. The van der Waals surface area contributed by atoms with Gasteiger partial charge in [-0.15, -0.1) is 11.3 Å². The molecule has 1 aromatic carbocycles. The van der Waals surface area contributed by atoms with E-state index in [0.717, 1.165) is 10.4 Å². The van der Waals surface area contributed by atoms with Crippen LogP contribution < -0.4 is 0 Å². The molecule has 0 aliphatic carbocycles. The molecule has 1 aliphatic rings. The van der Waals surface area contributed by atoms with Crippen LogP contribution in [0.4, 0.5) is 0 Å². The molecule has 8 heteroatoms. The lowest BCUT2D eigenvalue weighted by Crippen LogP contribution is -2.37. The maximum Gasteiger partial charge on any atom is 0.257 e. The normalized spacial score (nSPS) is 18.2. The molecule has 0 radical (unpaired) electrons. The monoisotopic (exact) mass is 415 g/mol. The first-order valence-corrected chi connectivity index (χ1v) is 11.8. The number of sulfone groups is 1. The molecule has 6 nitrogen and oxygen atoms in total. The van der Waals surface area contributed by atoms with Gasteiger partial charge in [0, 0.05) is 19.3 Å². The summed E-state index contributed by atoms with van der Waals surface area (Å²) in [6, 6.07) is 13.5. The highest BCUT2D eigenvalue weighted by Gasteiger charge is 2.34. The smallest absolute Gasteiger partial charge is 0.257 e. The van der Waals surface area contributed by atoms with E-state index in [1.165, 1.54) is 11.3 Å². The summed E-state index contributed by atoms with van der Waals surface area (Å²) in [4.78, 5) is 15.7. The van der Waals surface area contributed by atoms with E-state index in [9.17, 15) is 13.2 Å². The summed E-state index contributed by atoms with van der Waals surface area (Å²) in [5, 5.41) is 6.62. The number of hydrogen-bond acceptors (Lipinski definition) is 5. The van der Waals surface area contributed by atoms with Crippen LogP contribution in [0.2, 0.25) is 0 Å². The van der Waals surface area contributed by atoms with Crippen LogP contribution in [0.5, 0.6) is 0 Å². The number of amides is 1. The zero-order valence-electron chi connectivity index (χ0n) is 15.5. The lowest BCUT2D eigenvalue weighted by atomic mass is 10.1. The van der Waals surface area contributed by atoms with Gasteiger partial charge in [0.05, 0.1) is 28.5 Å². The Bertz CT molecular complexity index is 1070. The van der Waals surface area contributed by atoms with Crippen molar-refractivity contribution in [2.75, 3.05) is 18.6 Å². The lowest BCUT2D eigenvalue weighted by molar-refractivity contribution is 0.0748. The molecule has 2 aromatic heterocycles. The molecule has 0 spiro atoms. The highest BCUT2D eigenvalue weighted by molar-refractivity contribution is 7.91. The molecule has 1 aliphatic heterocycles. The van der Waals surface area contributed by atoms with Crippen LogP contribution in [0.1, 0.15) is 22.3 Å². The van der Waals surface area contributed by atoms with Crippen molar-refractivity contribution < 1.29 is 13.2 Å². The first-order valence-electron chi connectivity index (χ1n) is 9.06. The second-order valence-electron chi connectivity index (χ2n) is 7.02. The van der Waals surface area contributed by atoms with Crippen LogP contribution in [-0.4, -0.2) is 53.6 Å². The van der Waals surface area contributed by atoms with Crippen LogP contribution in [0.3, 0.4) is 0 Å². The summed E-state index contributed by atoms with van der Waals surface area (Å²) in [6.07, 6.45) is 2.25. The fourth-order valence-electron chi connectivity index (χ4n) is 3.46. The quantitative estimate of drug-likeness (QED) is 0.642. The van der Waals surface area contributed by atoms with E-state index in [1.54, 1.807) is 22.8 Å². The molecular formula is C20H21N3O3S2. The summed E-state index contributed by atoms with van der Waals surface area (Å²) in [5.41, 5.74) is 2.24. The molecular weight excluding hydrogens is 394 g/mol. The van der Waals surface area contributed by atoms with E-state index < -0.39 is 9.84 Å². The zero-order chi connectivity index (χ0) is 19.7. The Morgan fingerprint density at radius 2 is 2.04 bits per heavy atom. The number of benzene rings is 1. The highest BCUT2D eigenvalue weighted by atomic mass is 32.2. The molecule has 1 unspecified atom stereocenters. The molecule has 3 heterocycles. The summed E-state index contributed by atoms with van der Waals surface area (Å²) < 4.78 is 25.4. The second kappa shape index (κ2) is 7.52. The fraction of sp³-hybridized carbons (Fsp3) is 0.300. The first-order chi connectivity index (χ1) is 13.4. The van der Waals surface area contributed by atoms with Crippen molar-refractivity contribution in [3.63, 3.8) is 0 Å². The minimum absolute atomic E-state index is 0.0295. The van der Waals surface area contributed by atoms with Crippen molar-refractivity contribution in [1.82, 2.24) is 14.7 Å². The molecule has 28 heavy (non-hydrogen) atoms. The Morgan fingerprint density at radius 3 is 2.68 bits per heavy atom. The van der Waals surface area contributed by atoms with E-state index in [4.69, 9.17) is 0 Å². The van der Waals surface area contributed by atoms with E-state index >= 15 is 0 Å². The zero-order valence-corrected chi connectivity index (χ0v) is 17.1. The van der Waals surface area contributed by atoms with Gasteiger partial charge in [0.15, 0.2) is 9.84 Å². The number of thiophene rings is 1. The van der Waals surface area contributed by atoms with Crippen molar-refractivity contribution in [1.29, 1.82) is 0 Å². The van der Waals surface area contributed by atoms with Gasteiger partial charge < -0.3 is 4.90 Å². The molecule has 1 saturated heterocycles. The number of carbonyl (C=O) groups is 1. The van der Waals surface area contributed by atoms with Gasteiger partial charge in [-0.1, -0.05) is 36.4 Å². The molecule has 1 amide bonds. The van der Waals surface area contributed by atoms with Gasteiger partial charge in [-0.25, -0.2) is 8.42 Å². The SMILES string of the molecule is CN(C(=O)c1cn(Cc2ccccc2)nc1-c1cccs1)C1CCS(=O)(=O)C1. The predicted octanol–water partition coefficient (Wildman–Crippen LogP) is 2.92. The molecule has 0 N–H and O–H groups in total. The Kier molecular flexibility index (Phi) is 5.07. The van der Waals surface area contributed by atoms with Crippen molar-refractivity contribution >= 4 is 27.1 Å². The van der Waals surface area contributed by atoms with Crippen LogP contribution in [0.15, 0.2) is 54.0 Å². The van der Waals surface area contributed by atoms with Gasteiger partial charge in [0.25, 0.3) is 5.91 Å². The van der Waals surface area contributed by atoms with Gasteiger partial charge in [-0.2, -0.15) is 5.10 Å². The number of rotatable bonds is 5. The first kappa shape index (κ1) is 18.9. The van der Waals surface area contributed by atoms with Crippen molar-refractivity contribution in [2.24, 2.45) is 0 Å². The minimum Gasteiger partial charge on any atom is -0.338 e. The number of aromatic nitrogens is 2. The van der Waals surface area contributed by atoms with Gasteiger partial charge in [-0.05, 0) is 23.4 Å². The van der Waals surface area contributed by atoms with Crippen LogP contribution in [-0.2, 0) is 16.4 Å². The number of nitrogens with zero attached hydrogens (tertiary/aromatic N) is 3. The molecule has 0 saturated carbocycles. The predicted molar refractivity (Wildman–Crippen MR) is 110 cm³/mol. The van der Waals surface area contributed by atoms with Gasteiger partial charge in [-0.3, -0.25) is 9.48 Å². The van der Waals surface area contributed by atoms with Crippen molar-refractivity contribution in [2.45, 2.75) is 19.0 Å². The van der Waals surface area contributed by atoms with Gasteiger partial charge in [0.2, 0.25) is 0 Å². The van der Waals surface area contributed by atoms with Crippen LogP contribution in [0, 0.1) is 0 Å². The third-order valence-electron chi connectivity index (χ3n) is 5.01. The fourth-order valence-corrected chi connectivity index (χ4v) is 5.96. The third kappa shape index (κ3) is 3.88. The van der Waals surface area contributed by atoms with E-state index in [1.807, 2.05) is 47.8 Å². The van der Waals surface area contributed by atoms with Crippen LogP contribution in [0.25, 0.3) is 10.6 Å². The molecule has 4 rings (SSSR count). The van der Waals surface area contributed by atoms with Crippen molar-refractivity contribution in [3.05, 3.63) is 65.2 Å². The van der Waals surface area contributed by atoms with E-state index in [0.29, 0.717) is 24.2 Å². The average Bonchev–Trinajstić information content (AvgIpc) is 3.41. The minimum atomic E-state index is -3.06. The van der Waals surface area contributed by atoms with Crippen LogP contribution >= 0.6 is 11.3 Å². The summed E-state index contributed by atoms with van der Waals surface area (Å²) >= 11 is 1.53. The summed E-state index contributed by atoms with van der Waals surface area (Å²) in [7, 11) is -1.38. The molecule has 146 valence electrons. The standard InChI is InChI=1S/C20H21N3O3S2/c1-22(16-9-11-28(25,26)14-16)20(24)17-13-23(12-15-6-3-2-4-7-15)21-19(17)18-8-5-10-27-18/h2-8,10,13,16H,9,11-12,14H2,1H3.